The number of amides is 1. The Balaban J connectivity index is 0.000000967. The molecule has 2 aromatic heterocycles. The van der Waals surface area contributed by atoms with Crippen LogP contribution in [0.1, 0.15) is 24.3 Å². The van der Waals surface area contributed by atoms with Gasteiger partial charge in [0.2, 0.25) is 0 Å². The van der Waals surface area contributed by atoms with E-state index in [1.165, 1.54) is 16.9 Å². The number of benzene rings is 3. The van der Waals surface area contributed by atoms with Crippen molar-refractivity contribution in [2.45, 2.75) is 20.0 Å². The van der Waals surface area contributed by atoms with Crippen molar-refractivity contribution in [1.29, 1.82) is 0 Å². The van der Waals surface area contributed by atoms with E-state index in [4.69, 9.17) is 14.3 Å². The van der Waals surface area contributed by atoms with Crippen LogP contribution in [0.15, 0.2) is 84.9 Å². The second kappa shape index (κ2) is 11.3. The third kappa shape index (κ3) is 5.58. The number of H-pyrrole nitrogens is 1. The predicted octanol–water partition coefficient (Wildman–Crippen LogP) is 6.99. The van der Waals surface area contributed by atoms with E-state index in [0.29, 0.717) is 5.69 Å². The molecule has 1 amide bonds. The van der Waals surface area contributed by atoms with Crippen LogP contribution < -0.4 is 5.32 Å². The molecule has 0 bridgehead atoms. The molecule has 0 fully saturated rings. The van der Waals surface area contributed by atoms with Crippen LogP contribution in [0.5, 0.6) is 0 Å². The maximum atomic E-state index is 12.6. The van der Waals surface area contributed by atoms with E-state index in [1.54, 1.807) is 0 Å². The first-order chi connectivity index (χ1) is 17.5. The van der Waals surface area contributed by atoms with Crippen LogP contribution in [0, 0.1) is 6.92 Å². The maximum Gasteiger partial charge on any atom is 0.412 e. The van der Waals surface area contributed by atoms with Crippen molar-refractivity contribution in [3.05, 3.63) is 96.2 Å². The van der Waals surface area contributed by atoms with E-state index in [9.17, 15) is 4.79 Å². The smallest absolute Gasteiger partial charge is 0.412 e. The molecule has 1 unspecified atom stereocenters. The monoisotopic (exact) mass is 497 g/mol. The highest BCUT2D eigenvalue weighted by molar-refractivity contribution is 7.10. The van der Waals surface area contributed by atoms with Gasteiger partial charge in [-0.05, 0) is 54.2 Å². The summed E-state index contributed by atoms with van der Waals surface area (Å²) in [4.78, 5) is 33.2. The lowest BCUT2D eigenvalue weighted by Crippen LogP contribution is -2.16. The van der Waals surface area contributed by atoms with Crippen molar-refractivity contribution in [1.82, 2.24) is 9.36 Å². The van der Waals surface area contributed by atoms with Crippen LogP contribution >= 0.6 is 11.5 Å². The van der Waals surface area contributed by atoms with Crippen LogP contribution in [0.3, 0.4) is 0 Å². The molecule has 2 N–H and O–H groups in total. The lowest BCUT2D eigenvalue weighted by molar-refractivity contribution is -0.191. The minimum absolute atomic E-state index is 0.250. The number of carbonyl (C=O) groups excluding carboxylic acids is 3. The Morgan fingerprint density at radius 3 is 2.31 bits per heavy atom. The molecule has 0 saturated carbocycles. The largest absolute Gasteiger partial charge is 0.441 e. The van der Waals surface area contributed by atoms with Gasteiger partial charge in [0.15, 0.2) is 0 Å². The number of nitrogens with one attached hydrogen (secondary N) is 2. The first-order valence-electron chi connectivity index (χ1n) is 11.2. The number of aromatic nitrogens is 2. The average molecular weight is 498 g/mol. The van der Waals surface area contributed by atoms with E-state index in [1.807, 2.05) is 56.3 Å². The molecule has 3 aromatic carbocycles. The first-order valence-corrected chi connectivity index (χ1v) is 11.9. The number of ether oxygens (including phenoxy) is 1. The van der Waals surface area contributed by atoms with Gasteiger partial charge in [0.1, 0.15) is 6.10 Å². The average Bonchev–Trinajstić information content (AvgIpc) is 3.49. The molecular formula is C28H23N3O4S. The van der Waals surface area contributed by atoms with Gasteiger partial charge in [-0.1, -0.05) is 72.8 Å². The highest BCUT2D eigenvalue weighted by Gasteiger charge is 2.18. The van der Waals surface area contributed by atoms with Gasteiger partial charge >= 0.3 is 12.2 Å². The van der Waals surface area contributed by atoms with Crippen molar-refractivity contribution in [3.63, 3.8) is 0 Å². The molecule has 2 heterocycles. The molecule has 0 radical (unpaired) electrons. The lowest BCUT2D eigenvalue weighted by Gasteiger charge is -2.14. The van der Waals surface area contributed by atoms with Gasteiger partial charge < -0.3 is 9.72 Å². The summed E-state index contributed by atoms with van der Waals surface area (Å²) in [6, 6.07) is 28.3. The second-order valence-electron chi connectivity index (χ2n) is 7.99. The number of anilines is 1. The number of hydrogen-bond acceptors (Lipinski definition) is 6. The summed E-state index contributed by atoms with van der Waals surface area (Å²) in [7, 11) is 0. The number of fused-ring (bicyclic) bond motifs is 1. The Bertz CT molecular complexity index is 1470. The fourth-order valence-corrected chi connectivity index (χ4v) is 4.68. The molecule has 0 aliphatic rings. The zero-order valence-corrected chi connectivity index (χ0v) is 20.5. The van der Waals surface area contributed by atoms with Crippen molar-refractivity contribution in [2.75, 3.05) is 5.32 Å². The summed E-state index contributed by atoms with van der Waals surface area (Å²) >= 11 is 1.36. The van der Waals surface area contributed by atoms with E-state index < -0.39 is 6.09 Å². The number of para-hydroxylation sites is 1. The molecule has 0 aliphatic carbocycles. The Hall–Kier alpha value is -4.52. The van der Waals surface area contributed by atoms with E-state index in [-0.39, 0.29) is 12.3 Å². The van der Waals surface area contributed by atoms with Crippen molar-refractivity contribution in [2.24, 2.45) is 0 Å². The van der Waals surface area contributed by atoms with Crippen LogP contribution in [0.4, 0.5) is 10.5 Å². The van der Waals surface area contributed by atoms with Gasteiger partial charge in [-0.3, -0.25) is 5.32 Å². The van der Waals surface area contributed by atoms with Crippen LogP contribution in [0.25, 0.3) is 32.6 Å². The van der Waals surface area contributed by atoms with E-state index >= 15 is 0 Å². The van der Waals surface area contributed by atoms with Gasteiger partial charge in [-0.15, -0.1) is 0 Å². The summed E-state index contributed by atoms with van der Waals surface area (Å²) < 4.78 is 10.0. The number of aromatic amines is 1. The van der Waals surface area contributed by atoms with Crippen molar-refractivity contribution >= 4 is 40.4 Å². The van der Waals surface area contributed by atoms with Crippen LogP contribution in [-0.2, 0) is 14.3 Å². The summed E-state index contributed by atoms with van der Waals surface area (Å²) in [5, 5.41) is 4.09. The first kappa shape index (κ1) is 24.6. The maximum absolute atomic E-state index is 12.6. The Morgan fingerprint density at radius 1 is 0.972 bits per heavy atom. The Morgan fingerprint density at radius 2 is 1.61 bits per heavy atom. The highest BCUT2D eigenvalue weighted by atomic mass is 32.1. The third-order valence-electron chi connectivity index (χ3n) is 5.63. The molecule has 0 saturated heterocycles. The number of nitrogens with zero attached hydrogens (tertiary/aromatic N) is 1. The molecule has 36 heavy (non-hydrogen) atoms. The number of rotatable bonds is 5. The van der Waals surface area contributed by atoms with Crippen LogP contribution in [-0.4, -0.2) is 21.6 Å². The SMILES string of the molecule is Cc1nsc(-c2ccc(-c3cc4ccccc4[nH]3)cc2)c1NC(=O)OC(C)c1ccccc1.O=C=O. The normalized spacial score (nSPS) is 11.2. The van der Waals surface area contributed by atoms with Gasteiger partial charge in [0.25, 0.3) is 0 Å². The molecule has 8 heteroatoms. The predicted molar refractivity (Wildman–Crippen MR) is 140 cm³/mol. The molecule has 0 aliphatic heterocycles. The van der Waals surface area contributed by atoms with E-state index in [2.05, 4.69) is 57.1 Å². The zero-order chi connectivity index (χ0) is 25.5. The molecule has 5 rings (SSSR count). The molecular weight excluding hydrogens is 474 g/mol. The van der Waals surface area contributed by atoms with Gasteiger partial charge in [0.05, 0.1) is 16.3 Å². The topological polar surface area (TPSA) is 101 Å². The Labute approximate surface area is 211 Å². The minimum atomic E-state index is -0.495. The summed E-state index contributed by atoms with van der Waals surface area (Å²) in [5.74, 6) is 0. The van der Waals surface area contributed by atoms with Gasteiger partial charge in [-0.2, -0.15) is 14.0 Å². The summed E-state index contributed by atoms with van der Waals surface area (Å²) in [5.41, 5.74) is 6.67. The summed E-state index contributed by atoms with van der Waals surface area (Å²) in [6.45, 7) is 3.74. The zero-order valence-electron chi connectivity index (χ0n) is 19.6. The molecule has 5 aromatic rings. The molecule has 7 nitrogen and oxygen atoms in total. The van der Waals surface area contributed by atoms with E-state index in [0.717, 1.165) is 38.5 Å². The Kier molecular flexibility index (Phi) is 7.70. The summed E-state index contributed by atoms with van der Waals surface area (Å²) in [6.07, 6.45) is -0.595. The fraction of sp³-hybridized carbons (Fsp3) is 0.107. The van der Waals surface area contributed by atoms with Gasteiger partial charge in [-0.25, -0.2) is 4.79 Å². The quantitative estimate of drug-likeness (QED) is 0.272. The van der Waals surface area contributed by atoms with Crippen molar-refractivity contribution in [3.8, 4) is 21.7 Å². The molecule has 1 atom stereocenters. The fourth-order valence-electron chi connectivity index (χ4n) is 3.83. The second-order valence-corrected chi connectivity index (χ2v) is 8.76. The molecule has 0 spiro atoms. The highest BCUT2D eigenvalue weighted by Crippen LogP contribution is 2.36. The molecule has 180 valence electrons. The standard InChI is InChI=1S/C27H23N3O2S.CO2/c1-17-25(29-27(31)32-18(2)19-8-4-3-5-9-19)26(33-30-17)21-14-12-20(13-15-21)24-16-22-10-6-7-11-23(22)28-24;2-1-3/h3-16,18,28H,1-2H3,(H,29,31);. The number of carbonyl (C=O) groups is 1. The van der Waals surface area contributed by atoms with Crippen LogP contribution in [0.2, 0.25) is 0 Å². The third-order valence-corrected chi connectivity index (χ3v) is 6.62. The number of hydrogen-bond donors (Lipinski definition) is 2. The van der Waals surface area contributed by atoms with Crippen molar-refractivity contribution < 1.29 is 19.1 Å². The lowest BCUT2D eigenvalue weighted by atomic mass is 10.1. The number of aryl methyl sites for hydroxylation is 1. The minimum Gasteiger partial charge on any atom is -0.441 e. The van der Waals surface area contributed by atoms with Gasteiger partial charge in [0, 0.05) is 16.6 Å².